The van der Waals surface area contributed by atoms with Gasteiger partial charge in [0.1, 0.15) is 5.78 Å². The third-order valence-electron chi connectivity index (χ3n) is 10.6. The molecule has 0 radical (unpaired) electrons. The summed E-state index contributed by atoms with van der Waals surface area (Å²) in [5.74, 6) is 0.0591. The van der Waals surface area contributed by atoms with E-state index in [-0.39, 0.29) is 53.8 Å². The van der Waals surface area contributed by atoms with Gasteiger partial charge in [-0.2, -0.15) is 4.31 Å². The SMILES string of the molecule is CC(C)CN(CC(=O)N(Cc1cccn1Cc1ccccc1)C1CCCCC1)S(=O)(=O)CC12CCC(CC1=O)C2(C)C. The number of fused-ring (bicyclic) bond motifs is 2. The lowest BCUT2D eigenvalue weighted by atomic mass is 9.70. The lowest BCUT2D eigenvalue weighted by Gasteiger charge is -2.39. The fraction of sp³-hybridized carbons (Fsp3) is 0.647. The van der Waals surface area contributed by atoms with Gasteiger partial charge in [-0.1, -0.05) is 77.3 Å². The van der Waals surface area contributed by atoms with Gasteiger partial charge in [-0.05, 0) is 60.6 Å². The quantitative estimate of drug-likeness (QED) is 0.307. The maximum atomic E-state index is 14.2. The Morgan fingerprint density at radius 2 is 1.74 bits per heavy atom. The largest absolute Gasteiger partial charge is 0.345 e. The number of benzene rings is 1. The summed E-state index contributed by atoms with van der Waals surface area (Å²) in [7, 11) is -3.86. The smallest absolute Gasteiger partial charge is 0.238 e. The van der Waals surface area contributed by atoms with Crippen molar-refractivity contribution in [1.82, 2.24) is 13.8 Å². The van der Waals surface area contributed by atoms with Gasteiger partial charge in [0.2, 0.25) is 15.9 Å². The third kappa shape index (κ3) is 6.12. The molecule has 0 aliphatic heterocycles. The van der Waals surface area contributed by atoms with Crippen LogP contribution in [0.3, 0.4) is 0 Å². The van der Waals surface area contributed by atoms with Crippen molar-refractivity contribution in [1.29, 1.82) is 0 Å². The molecule has 3 aliphatic carbocycles. The van der Waals surface area contributed by atoms with Gasteiger partial charge < -0.3 is 9.47 Å². The van der Waals surface area contributed by atoms with Crippen LogP contribution in [0.2, 0.25) is 0 Å². The number of nitrogens with zero attached hydrogens (tertiary/aromatic N) is 3. The van der Waals surface area contributed by atoms with Crippen LogP contribution in [0.5, 0.6) is 0 Å². The van der Waals surface area contributed by atoms with Crippen molar-refractivity contribution in [2.24, 2.45) is 22.7 Å². The molecule has 0 spiro atoms. The Balaban J connectivity index is 1.39. The van der Waals surface area contributed by atoms with Crippen molar-refractivity contribution >= 4 is 21.7 Å². The van der Waals surface area contributed by atoms with Crippen LogP contribution in [-0.2, 0) is 32.7 Å². The van der Waals surface area contributed by atoms with Crippen LogP contribution in [0.4, 0.5) is 0 Å². The zero-order chi connectivity index (χ0) is 30.1. The van der Waals surface area contributed by atoms with Crippen LogP contribution in [0.1, 0.15) is 90.3 Å². The molecule has 42 heavy (non-hydrogen) atoms. The standard InChI is InChI=1S/C34H49N3O4S/c1-26(2)21-36(42(40,41)25-34-18-17-28(20-31(34)38)33(34,3)4)24-32(39)37(29-14-9-6-10-15-29)23-30-16-11-19-35(30)22-27-12-7-5-8-13-27/h5,7-8,11-13,16,19,26,28-29H,6,9-10,14-15,17-18,20-25H2,1-4H3. The molecule has 2 unspecified atom stereocenters. The van der Waals surface area contributed by atoms with Crippen molar-refractivity contribution in [2.75, 3.05) is 18.8 Å². The van der Waals surface area contributed by atoms with Gasteiger partial charge >= 0.3 is 0 Å². The highest BCUT2D eigenvalue weighted by Crippen LogP contribution is 2.64. The third-order valence-corrected chi connectivity index (χ3v) is 12.6. The van der Waals surface area contributed by atoms with Gasteiger partial charge in [-0.15, -0.1) is 0 Å². The number of Topliss-reactive ketones (excluding diaryl/α,β-unsaturated/α-hetero) is 1. The van der Waals surface area contributed by atoms with Crippen molar-refractivity contribution in [3.8, 4) is 0 Å². The Bertz CT molecular complexity index is 1360. The highest BCUT2D eigenvalue weighted by Gasteiger charge is 2.65. The lowest BCUT2D eigenvalue weighted by molar-refractivity contribution is -0.135. The molecule has 3 saturated carbocycles. The van der Waals surface area contributed by atoms with Crippen LogP contribution < -0.4 is 0 Å². The van der Waals surface area contributed by atoms with E-state index < -0.39 is 15.4 Å². The van der Waals surface area contributed by atoms with E-state index >= 15 is 0 Å². The van der Waals surface area contributed by atoms with E-state index in [0.29, 0.717) is 19.4 Å². The highest BCUT2D eigenvalue weighted by atomic mass is 32.2. The molecule has 2 aromatic rings. The van der Waals surface area contributed by atoms with E-state index in [1.165, 1.54) is 16.3 Å². The Hall–Kier alpha value is -2.45. The molecular weight excluding hydrogens is 546 g/mol. The van der Waals surface area contributed by atoms with Gasteiger partial charge in [-0.3, -0.25) is 9.59 Å². The summed E-state index contributed by atoms with van der Waals surface area (Å²) in [5, 5.41) is 0. The topological polar surface area (TPSA) is 79.7 Å². The molecule has 1 amide bonds. The molecule has 3 fully saturated rings. The first kappa shape index (κ1) is 31.0. The van der Waals surface area contributed by atoms with Crippen LogP contribution in [0.25, 0.3) is 0 Å². The predicted molar refractivity (Wildman–Crippen MR) is 166 cm³/mol. The average molecular weight is 596 g/mol. The number of hydrogen-bond donors (Lipinski definition) is 0. The van der Waals surface area contributed by atoms with E-state index in [0.717, 1.165) is 44.3 Å². The number of aromatic nitrogens is 1. The normalized spacial score (nSPS) is 24.1. The van der Waals surface area contributed by atoms with Crippen molar-refractivity contribution in [3.63, 3.8) is 0 Å². The molecule has 3 aliphatic rings. The molecule has 5 rings (SSSR count). The van der Waals surface area contributed by atoms with Crippen molar-refractivity contribution in [2.45, 2.75) is 98.2 Å². The van der Waals surface area contributed by atoms with Gasteiger partial charge in [0.05, 0.1) is 18.8 Å². The fourth-order valence-corrected chi connectivity index (χ4v) is 10.3. The number of carbonyl (C=O) groups excluding carboxylic acids is 2. The Morgan fingerprint density at radius 1 is 1.02 bits per heavy atom. The van der Waals surface area contributed by atoms with Crippen LogP contribution in [0, 0.1) is 22.7 Å². The number of amides is 1. The average Bonchev–Trinajstić information content (AvgIpc) is 3.53. The van der Waals surface area contributed by atoms with Crippen LogP contribution in [-0.4, -0.2) is 58.8 Å². The minimum atomic E-state index is -3.86. The summed E-state index contributed by atoms with van der Waals surface area (Å²) >= 11 is 0. The summed E-state index contributed by atoms with van der Waals surface area (Å²) in [5.41, 5.74) is 1.04. The molecule has 2 atom stereocenters. The molecule has 7 nitrogen and oxygen atoms in total. The molecule has 0 N–H and O–H groups in total. The van der Waals surface area contributed by atoms with E-state index in [2.05, 4.69) is 42.8 Å². The molecular formula is C34H49N3O4S. The van der Waals surface area contributed by atoms with Gasteiger partial charge in [0, 0.05) is 42.9 Å². The number of ketones is 1. The van der Waals surface area contributed by atoms with E-state index in [9.17, 15) is 18.0 Å². The molecule has 230 valence electrons. The minimum Gasteiger partial charge on any atom is -0.345 e. The second kappa shape index (κ2) is 12.3. The second-order valence-corrected chi connectivity index (χ2v) is 16.0. The predicted octanol–water partition coefficient (Wildman–Crippen LogP) is 5.88. The van der Waals surface area contributed by atoms with Gasteiger partial charge in [0.25, 0.3) is 0 Å². The van der Waals surface area contributed by atoms with Crippen LogP contribution in [0.15, 0.2) is 48.7 Å². The van der Waals surface area contributed by atoms with Gasteiger partial charge in [0.15, 0.2) is 0 Å². The summed E-state index contributed by atoms with van der Waals surface area (Å²) in [6.45, 7) is 9.37. The molecule has 1 aromatic carbocycles. The second-order valence-electron chi connectivity index (χ2n) is 14.0. The molecule has 1 heterocycles. The maximum absolute atomic E-state index is 14.2. The highest BCUT2D eigenvalue weighted by molar-refractivity contribution is 7.89. The van der Waals surface area contributed by atoms with E-state index in [1.807, 2.05) is 43.0 Å². The number of rotatable bonds is 12. The fourth-order valence-electron chi connectivity index (χ4n) is 7.95. The molecule has 1 aromatic heterocycles. The van der Waals surface area contributed by atoms with Crippen LogP contribution >= 0.6 is 0 Å². The number of carbonyl (C=O) groups is 2. The van der Waals surface area contributed by atoms with Crippen molar-refractivity contribution < 1.29 is 18.0 Å². The Morgan fingerprint density at radius 3 is 2.36 bits per heavy atom. The summed E-state index contributed by atoms with van der Waals surface area (Å²) in [6, 6.07) is 14.5. The maximum Gasteiger partial charge on any atom is 0.238 e. The minimum absolute atomic E-state index is 0.0555. The Labute approximate surface area is 252 Å². The zero-order valence-electron chi connectivity index (χ0n) is 25.9. The molecule has 2 bridgehead atoms. The van der Waals surface area contributed by atoms with E-state index in [1.54, 1.807) is 0 Å². The number of hydrogen-bond acceptors (Lipinski definition) is 4. The first-order valence-electron chi connectivity index (χ1n) is 15.9. The summed E-state index contributed by atoms with van der Waals surface area (Å²) in [6.07, 6.45) is 9.25. The Kier molecular flexibility index (Phi) is 9.06. The number of sulfonamides is 1. The summed E-state index contributed by atoms with van der Waals surface area (Å²) in [4.78, 5) is 29.4. The van der Waals surface area contributed by atoms with Crippen molar-refractivity contribution in [3.05, 3.63) is 59.9 Å². The van der Waals surface area contributed by atoms with E-state index in [4.69, 9.17) is 0 Å². The zero-order valence-corrected chi connectivity index (χ0v) is 26.7. The van der Waals surface area contributed by atoms with Gasteiger partial charge in [-0.25, -0.2) is 8.42 Å². The first-order valence-corrected chi connectivity index (χ1v) is 17.5. The molecule has 0 saturated heterocycles. The molecule has 8 heteroatoms. The first-order chi connectivity index (χ1) is 19.9. The monoisotopic (exact) mass is 595 g/mol. The lowest BCUT2D eigenvalue weighted by Crippen LogP contribution is -2.51. The summed E-state index contributed by atoms with van der Waals surface area (Å²) < 4.78 is 31.9.